The van der Waals surface area contributed by atoms with Crippen LogP contribution < -0.4 is 5.73 Å². The molecule has 0 aromatic rings. The summed E-state index contributed by atoms with van der Waals surface area (Å²) in [7, 11) is 0. The van der Waals surface area contributed by atoms with Crippen molar-refractivity contribution in [2.75, 3.05) is 6.54 Å². The Hall–Kier alpha value is -0.600. The molecule has 2 fully saturated rings. The number of hydrogen-bond donors (Lipinski definition) is 2. The monoisotopic (exact) mass is 399 g/mol. The van der Waals surface area contributed by atoms with Crippen LogP contribution in [0, 0.1) is 34.5 Å². The zero-order chi connectivity index (χ0) is 20.8. The minimum absolute atomic E-state index is 0.0438. The lowest BCUT2D eigenvalue weighted by atomic mass is 9.50. The van der Waals surface area contributed by atoms with Crippen LogP contribution in [0.2, 0.25) is 0 Å². The van der Waals surface area contributed by atoms with Gasteiger partial charge in [0.2, 0.25) is 0 Å². The standard InChI is InChI=1S/C27H45NO/c1-18(17-28)6-5-7-19(2)23-10-11-24-22-9-8-20-16-21(29)12-14-26(20,3)25(22)13-15-27(23,24)4/h6,19-21,23-24,29H,5,7-17,28H2,1-4H3/b18-6+/t19-,20?,21?,23?,24?,26?,27?/m1/s1. The summed E-state index contributed by atoms with van der Waals surface area (Å²) < 4.78 is 0. The Labute approximate surface area is 179 Å². The molecule has 2 saturated carbocycles. The number of nitrogens with two attached hydrogens (primary N) is 1. The highest BCUT2D eigenvalue weighted by Crippen LogP contribution is 2.65. The Morgan fingerprint density at radius 3 is 2.72 bits per heavy atom. The molecule has 0 aromatic carbocycles. The Morgan fingerprint density at radius 1 is 1.17 bits per heavy atom. The van der Waals surface area contributed by atoms with Gasteiger partial charge in [-0.2, -0.15) is 0 Å². The maximum Gasteiger partial charge on any atom is 0.0543 e. The number of hydrogen-bond acceptors (Lipinski definition) is 2. The average Bonchev–Trinajstić information content (AvgIpc) is 3.05. The summed E-state index contributed by atoms with van der Waals surface area (Å²) in [6.45, 7) is 10.6. The van der Waals surface area contributed by atoms with Crippen molar-refractivity contribution in [2.24, 2.45) is 40.2 Å². The van der Waals surface area contributed by atoms with Gasteiger partial charge in [0.1, 0.15) is 0 Å². The van der Waals surface area contributed by atoms with Gasteiger partial charge in [0.15, 0.2) is 0 Å². The first kappa shape index (κ1) is 21.6. The first-order valence-electron chi connectivity index (χ1n) is 12.6. The Kier molecular flexibility index (Phi) is 6.08. The predicted molar refractivity (Wildman–Crippen MR) is 122 cm³/mol. The molecule has 2 heteroatoms. The van der Waals surface area contributed by atoms with Gasteiger partial charge in [-0.25, -0.2) is 0 Å². The highest BCUT2D eigenvalue weighted by molar-refractivity contribution is 5.34. The molecule has 0 heterocycles. The second-order valence-corrected chi connectivity index (χ2v) is 11.6. The molecular formula is C27H45NO. The van der Waals surface area contributed by atoms with E-state index in [0.29, 0.717) is 17.4 Å². The first-order chi connectivity index (χ1) is 13.8. The largest absolute Gasteiger partial charge is 0.393 e. The molecule has 6 unspecified atom stereocenters. The van der Waals surface area contributed by atoms with Crippen LogP contribution in [0.25, 0.3) is 0 Å². The maximum absolute atomic E-state index is 10.2. The van der Waals surface area contributed by atoms with Crippen molar-refractivity contribution in [1.29, 1.82) is 0 Å². The number of aliphatic hydroxyl groups excluding tert-OH is 1. The van der Waals surface area contributed by atoms with Gasteiger partial charge in [-0.1, -0.05) is 43.6 Å². The van der Waals surface area contributed by atoms with Crippen molar-refractivity contribution < 1.29 is 5.11 Å². The second-order valence-electron chi connectivity index (χ2n) is 11.6. The molecule has 0 spiro atoms. The topological polar surface area (TPSA) is 46.2 Å². The van der Waals surface area contributed by atoms with Crippen LogP contribution >= 0.6 is 0 Å². The van der Waals surface area contributed by atoms with Gasteiger partial charge < -0.3 is 10.8 Å². The van der Waals surface area contributed by atoms with Gasteiger partial charge in [-0.15, -0.1) is 0 Å². The summed E-state index contributed by atoms with van der Waals surface area (Å²) in [5, 5.41) is 10.2. The smallest absolute Gasteiger partial charge is 0.0543 e. The van der Waals surface area contributed by atoms with E-state index in [9.17, 15) is 5.11 Å². The highest BCUT2D eigenvalue weighted by Gasteiger charge is 2.55. The summed E-state index contributed by atoms with van der Waals surface area (Å²) in [6, 6.07) is 0. The van der Waals surface area contributed by atoms with Crippen LogP contribution in [0.3, 0.4) is 0 Å². The molecule has 0 radical (unpaired) electrons. The molecule has 0 aromatic heterocycles. The van der Waals surface area contributed by atoms with E-state index in [2.05, 4.69) is 33.8 Å². The molecule has 29 heavy (non-hydrogen) atoms. The van der Waals surface area contributed by atoms with Gasteiger partial charge in [-0.3, -0.25) is 0 Å². The van der Waals surface area contributed by atoms with Gasteiger partial charge in [0.05, 0.1) is 6.10 Å². The van der Waals surface area contributed by atoms with E-state index in [1.807, 2.05) is 11.1 Å². The molecule has 7 atom stereocenters. The fraction of sp³-hybridized carbons (Fsp3) is 0.852. The summed E-state index contributed by atoms with van der Waals surface area (Å²) in [5.74, 6) is 3.25. The van der Waals surface area contributed by atoms with Crippen LogP contribution in [-0.4, -0.2) is 17.8 Å². The summed E-state index contributed by atoms with van der Waals surface area (Å²) in [6.07, 6.45) is 16.3. The normalized spacial score (nSPS) is 43.6. The number of fused-ring (bicyclic) bond motifs is 4. The second kappa shape index (κ2) is 8.15. The van der Waals surface area contributed by atoms with E-state index in [1.165, 1.54) is 63.4 Å². The van der Waals surface area contributed by atoms with Gasteiger partial charge in [0, 0.05) is 6.54 Å². The fourth-order valence-electron chi connectivity index (χ4n) is 8.29. The Morgan fingerprint density at radius 2 is 1.97 bits per heavy atom. The summed E-state index contributed by atoms with van der Waals surface area (Å²) in [5.41, 5.74) is 11.8. The van der Waals surface area contributed by atoms with Gasteiger partial charge in [0.25, 0.3) is 0 Å². The molecule has 4 aliphatic carbocycles. The lowest BCUT2D eigenvalue weighted by Gasteiger charge is -2.55. The third kappa shape index (κ3) is 3.67. The zero-order valence-electron chi connectivity index (χ0n) is 19.5. The third-order valence-corrected chi connectivity index (χ3v) is 10.2. The van der Waals surface area contributed by atoms with E-state index in [1.54, 1.807) is 0 Å². The van der Waals surface area contributed by atoms with Crippen molar-refractivity contribution in [1.82, 2.24) is 0 Å². The lowest BCUT2D eigenvalue weighted by Crippen LogP contribution is -2.45. The highest BCUT2D eigenvalue weighted by atomic mass is 16.3. The fourth-order valence-corrected chi connectivity index (χ4v) is 8.29. The maximum atomic E-state index is 10.2. The van der Waals surface area contributed by atoms with E-state index in [0.717, 1.165) is 36.5 Å². The summed E-state index contributed by atoms with van der Waals surface area (Å²) >= 11 is 0. The molecule has 4 aliphatic rings. The van der Waals surface area contributed by atoms with E-state index in [-0.39, 0.29) is 6.10 Å². The molecule has 2 nitrogen and oxygen atoms in total. The van der Waals surface area contributed by atoms with E-state index < -0.39 is 0 Å². The van der Waals surface area contributed by atoms with Crippen LogP contribution in [0.1, 0.15) is 98.3 Å². The molecule has 0 aliphatic heterocycles. The van der Waals surface area contributed by atoms with E-state index in [4.69, 9.17) is 5.73 Å². The third-order valence-electron chi connectivity index (χ3n) is 10.2. The van der Waals surface area contributed by atoms with Gasteiger partial charge in [-0.05, 0) is 112 Å². The quantitative estimate of drug-likeness (QED) is 0.526. The van der Waals surface area contributed by atoms with Crippen molar-refractivity contribution in [3.63, 3.8) is 0 Å². The van der Waals surface area contributed by atoms with E-state index >= 15 is 0 Å². The van der Waals surface area contributed by atoms with Crippen LogP contribution in [0.5, 0.6) is 0 Å². The SMILES string of the molecule is C/C(=C\CC[C@@H](C)C1CCC2C3=C(CCC21C)C1(C)CCC(O)CC1CC3)CN. The summed E-state index contributed by atoms with van der Waals surface area (Å²) in [4.78, 5) is 0. The molecule has 3 N–H and O–H groups in total. The minimum Gasteiger partial charge on any atom is -0.393 e. The number of allylic oxidation sites excluding steroid dienone is 3. The van der Waals surface area contributed by atoms with Crippen LogP contribution in [0.15, 0.2) is 22.8 Å². The van der Waals surface area contributed by atoms with Crippen molar-refractivity contribution in [3.8, 4) is 0 Å². The van der Waals surface area contributed by atoms with Crippen molar-refractivity contribution in [3.05, 3.63) is 22.8 Å². The Balaban J connectivity index is 1.52. The average molecular weight is 400 g/mol. The number of aliphatic hydroxyl groups is 1. The van der Waals surface area contributed by atoms with Crippen LogP contribution in [-0.2, 0) is 0 Å². The first-order valence-corrected chi connectivity index (χ1v) is 12.6. The van der Waals surface area contributed by atoms with Crippen molar-refractivity contribution >= 4 is 0 Å². The molecule has 0 saturated heterocycles. The minimum atomic E-state index is -0.0438. The lowest BCUT2D eigenvalue weighted by molar-refractivity contribution is 0.0133. The molecular weight excluding hydrogens is 354 g/mol. The van der Waals surface area contributed by atoms with Crippen molar-refractivity contribution in [2.45, 2.75) is 104 Å². The zero-order valence-corrected chi connectivity index (χ0v) is 19.5. The molecule has 4 rings (SSSR count). The van der Waals surface area contributed by atoms with Gasteiger partial charge >= 0.3 is 0 Å². The molecule has 0 bridgehead atoms. The molecule has 0 amide bonds. The van der Waals surface area contributed by atoms with Crippen LogP contribution in [0.4, 0.5) is 0 Å². The number of rotatable bonds is 5. The molecule has 164 valence electrons. The predicted octanol–water partition coefficient (Wildman–Crippen LogP) is 6.39. The Bertz CT molecular complexity index is 678.